The molecule has 0 aromatic carbocycles. The molecule has 0 aromatic heterocycles. The molecule has 83 heavy (non-hydrogen) atoms. The van der Waals surface area contributed by atoms with Crippen LogP contribution in [0.25, 0.3) is 0 Å². The molecule has 1 unspecified atom stereocenters. The highest BCUT2D eigenvalue weighted by Crippen LogP contribution is 2.13. The number of allylic oxidation sites excluding steroid dienone is 32. The Bertz CT molecular complexity index is 1990. The van der Waals surface area contributed by atoms with Gasteiger partial charge in [-0.25, -0.2) is 0 Å². The molecule has 0 saturated carbocycles. The number of rotatable bonds is 57. The molecule has 0 bridgehead atoms. The van der Waals surface area contributed by atoms with E-state index >= 15 is 0 Å². The normalized spacial score (nSPS) is 13.4. The zero-order valence-electron chi connectivity index (χ0n) is 52.9. The molecule has 6 nitrogen and oxygen atoms in total. The Morgan fingerprint density at radius 2 is 0.434 bits per heavy atom. The fourth-order valence-corrected chi connectivity index (χ4v) is 8.26. The van der Waals surface area contributed by atoms with Gasteiger partial charge in [0, 0.05) is 19.3 Å². The second kappa shape index (κ2) is 68.7. The van der Waals surface area contributed by atoms with Gasteiger partial charge in [0.05, 0.1) is 0 Å². The molecule has 462 valence electrons. The van der Waals surface area contributed by atoms with E-state index in [1.807, 2.05) is 0 Å². The summed E-state index contributed by atoms with van der Waals surface area (Å²) in [6.07, 6.45) is 104. The zero-order chi connectivity index (χ0) is 59.9. The molecular formula is C77H118O6. The third-order valence-corrected chi connectivity index (χ3v) is 13.1. The summed E-state index contributed by atoms with van der Waals surface area (Å²) in [7, 11) is 0. The highest BCUT2D eigenvalue weighted by molar-refractivity contribution is 5.71. The lowest BCUT2D eigenvalue weighted by molar-refractivity contribution is -0.167. The van der Waals surface area contributed by atoms with E-state index in [1.165, 1.54) is 19.3 Å². The van der Waals surface area contributed by atoms with Gasteiger partial charge < -0.3 is 14.2 Å². The molecule has 0 fully saturated rings. The van der Waals surface area contributed by atoms with E-state index < -0.39 is 6.10 Å². The van der Waals surface area contributed by atoms with Gasteiger partial charge in [0.15, 0.2) is 6.10 Å². The van der Waals surface area contributed by atoms with E-state index in [0.29, 0.717) is 12.8 Å². The Balaban J connectivity index is 4.35. The molecule has 0 rings (SSSR count). The van der Waals surface area contributed by atoms with Crippen LogP contribution in [0.3, 0.4) is 0 Å². The first-order valence-electron chi connectivity index (χ1n) is 32.9. The Kier molecular flexibility index (Phi) is 64.0. The number of carbonyl (C=O) groups is 3. The lowest BCUT2D eigenvalue weighted by Gasteiger charge is -2.18. The SMILES string of the molecule is CC/C=C\C/C=C\C/C=C\C/C=C\C/C=C\C/C=C\C/C=C\C/C=C\C/C=C\CCCCCCCCCC(=O)OCC(COC(=O)CCCCC/C=C\C/C=C\C/C=C\CC)OC(=O)CCCCCC/C=C\C/C=C\C/C=C\C/C=C\CC. The van der Waals surface area contributed by atoms with E-state index in [2.05, 4.69) is 215 Å². The molecule has 0 heterocycles. The predicted molar refractivity (Wildman–Crippen MR) is 361 cm³/mol. The Hall–Kier alpha value is -5.75. The summed E-state index contributed by atoms with van der Waals surface area (Å²) in [5, 5.41) is 0. The topological polar surface area (TPSA) is 78.9 Å². The van der Waals surface area contributed by atoms with E-state index in [4.69, 9.17) is 14.2 Å². The van der Waals surface area contributed by atoms with Crippen LogP contribution in [0.1, 0.15) is 252 Å². The van der Waals surface area contributed by atoms with Crippen LogP contribution in [0.2, 0.25) is 0 Å². The Morgan fingerprint density at radius 1 is 0.241 bits per heavy atom. The first-order chi connectivity index (χ1) is 41.0. The van der Waals surface area contributed by atoms with Gasteiger partial charge in [0.1, 0.15) is 13.2 Å². The number of hydrogen-bond acceptors (Lipinski definition) is 6. The average Bonchev–Trinajstić information content (AvgIpc) is 3.49. The first-order valence-corrected chi connectivity index (χ1v) is 32.9. The van der Waals surface area contributed by atoms with Crippen LogP contribution >= 0.6 is 0 Å². The highest BCUT2D eigenvalue weighted by Gasteiger charge is 2.19. The van der Waals surface area contributed by atoms with Gasteiger partial charge in [-0.1, -0.05) is 267 Å². The van der Waals surface area contributed by atoms with Gasteiger partial charge in [-0.05, 0) is 161 Å². The first kappa shape index (κ1) is 77.2. The maximum Gasteiger partial charge on any atom is 0.306 e. The van der Waals surface area contributed by atoms with Crippen molar-refractivity contribution in [1.29, 1.82) is 0 Å². The van der Waals surface area contributed by atoms with Crippen molar-refractivity contribution in [2.75, 3.05) is 13.2 Å². The molecule has 0 saturated heterocycles. The minimum Gasteiger partial charge on any atom is -0.462 e. The summed E-state index contributed by atoms with van der Waals surface area (Å²) in [4.78, 5) is 38.3. The van der Waals surface area contributed by atoms with Crippen molar-refractivity contribution in [3.8, 4) is 0 Å². The van der Waals surface area contributed by atoms with Crippen molar-refractivity contribution < 1.29 is 28.6 Å². The minimum atomic E-state index is -0.820. The lowest BCUT2D eigenvalue weighted by Crippen LogP contribution is -2.30. The minimum absolute atomic E-state index is 0.113. The fraction of sp³-hybridized carbons (Fsp3) is 0.545. The number of carbonyl (C=O) groups excluding carboxylic acids is 3. The standard InChI is InChI=1S/C77H118O6/c1-4-7-10-13-16-19-22-25-27-29-30-31-32-33-34-35-36-37-38-39-40-41-42-43-44-45-46-48-49-52-55-58-61-64-67-70-76(79)82-73-74(72-81-75(78)69-66-63-60-57-54-51-24-21-18-15-12-9-6-3)83-77(80)71-68-65-62-59-56-53-50-47-28-26-23-20-17-14-11-8-5-2/h7-12,16-21,25-28,30-31,33-34,36-37,39-40,42-43,45-46,50-51,53-54,74H,4-6,13-15,22-24,29,32,35,38,41,44,47-49,52,55-73H2,1-3H3/b10-7-,11-8-,12-9-,19-16-,20-17-,21-18-,27-25-,28-26-,31-30-,34-33-,37-36-,40-39-,43-42-,46-45-,53-50-,54-51-. The summed E-state index contributed by atoms with van der Waals surface area (Å²) in [5.74, 6) is -0.986. The summed E-state index contributed by atoms with van der Waals surface area (Å²) in [6, 6.07) is 0. The van der Waals surface area contributed by atoms with Gasteiger partial charge in [-0.3, -0.25) is 14.4 Å². The van der Waals surface area contributed by atoms with Gasteiger partial charge in [0.25, 0.3) is 0 Å². The molecule has 0 aliphatic rings. The van der Waals surface area contributed by atoms with Crippen molar-refractivity contribution in [3.63, 3.8) is 0 Å². The van der Waals surface area contributed by atoms with Crippen molar-refractivity contribution in [3.05, 3.63) is 194 Å². The molecule has 0 radical (unpaired) electrons. The quantitative estimate of drug-likeness (QED) is 0.0261. The maximum absolute atomic E-state index is 12.9. The zero-order valence-corrected chi connectivity index (χ0v) is 52.9. The Morgan fingerprint density at radius 3 is 0.687 bits per heavy atom. The van der Waals surface area contributed by atoms with E-state index in [-0.39, 0.29) is 37.5 Å². The van der Waals surface area contributed by atoms with Gasteiger partial charge in [-0.15, -0.1) is 0 Å². The van der Waals surface area contributed by atoms with Crippen molar-refractivity contribution >= 4 is 17.9 Å². The third-order valence-electron chi connectivity index (χ3n) is 13.1. The fourth-order valence-electron chi connectivity index (χ4n) is 8.26. The molecule has 0 spiro atoms. The molecule has 0 N–H and O–H groups in total. The number of ether oxygens (including phenoxy) is 3. The predicted octanol–water partition coefficient (Wildman–Crippen LogP) is 23.0. The number of unbranched alkanes of at least 4 members (excludes halogenated alkanes) is 14. The smallest absolute Gasteiger partial charge is 0.306 e. The van der Waals surface area contributed by atoms with Crippen molar-refractivity contribution in [2.45, 2.75) is 258 Å². The van der Waals surface area contributed by atoms with Gasteiger partial charge in [0.2, 0.25) is 0 Å². The van der Waals surface area contributed by atoms with E-state index in [1.54, 1.807) is 0 Å². The largest absolute Gasteiger partial charge is 0.462 e. The third kappa shape index (κ3) is 66.9. The van der Waals surface area contributed by atoms with Crippen LogP contribution in [0, 0.1) is 0 Å². The molecular weight excluding hydrogens is 1020 g/mol. The lowest BCUT2D eigenvalue weighted by atomic mass is 10.1. The number of hydrogen-bond donors (Lipinski definition) is 0. The van der Waals surface area contributed by atoms with Crippen LogP contribution in [0.4, 0.5) is 0 Å². The molecule has 0 amide bonds. The maximum atomic E-state index is 12.9. The molecule has 6 heteroatoms. The van der Waals surface area contributed by atoms with Crippen LogP contribution in [0.5, 0.6) is 0 Å². The van der Waals surface area contributed by atoms with Gasteiger partial charge >= 0.3 is 17.9 Å². The molecule has 0 aliphatic carbocycles. The summed E-state index contributed by atoms with van der Waals surface area (Å²) in [5.41, 5.74) is 0. The summed E-state index contributed by atoms with van der Waals surface area (Å²) < 4.78 is 16.8. The Labute approximate surface area is 509 Å². The second-order valence-electron chi connectivity index (χ2n) is 20.9. The van der Waals surface area contributed by atoms with Crippen molar-refractivity contribution in [2.24, 2.45) is 0 Å². The van der Waals surface area contributed by atoms with Crippen LogP contribution in [-0.4, -0.2) is 37.2 Å². The van der Waals surface area contributed by atoms with E-state index in [0.717, 1.165) is 193 Å². The second-order valence-corrected chi connectivity index (χ2v) is 20.9. The van der Waals surface area contributed by atoms with E-state index in [9.17, 15) is 14.4 Å². The highest BCUT2D eigenvalue weighted by atomic mass is 16.6. The summed E-state index contributed by atoms with van der Waals surface area (Å²) >= 11 is 0. The monoisotopic (exact) mass is 1140 g/mol. The molecule has 0 aliphatic heterocycles. The average molecular weight is 1140 g/mol. The van der Waals surface area contributed by atoms with Crippen molar-refractivity contribution in [1.82, 2.24) is 0 Å². The van der Waals surface area contributed by atoms with Gasteiger partial charge in [-0.2, -0.15) is 0 Å². The summed E-state index contributed by atoms with van der Waals surface area (Å²) in [6.45, 7) is 6.23. The van der Waals surface area contributed by atoms with Crippen LogP contribution in [0.15, 0.2) is 194 Å². The van der Waals surface area contributed by atoms with Crippen LogP contribution < -0.4 is 0 Å². The molecule has 0 aromatic rings. The van der Waals surface area contributed by atoms with Crippen LogP contribution in [-0.2, 0) is 28.6 Å². The molecule has 1 atom stereocenters. The number of esters is 3.